The highest BCUT2D eigenvalue weighted by atomic mass is 79.9. The average molecular weight is 279 g/mol. The van der Waals surface area contributed by atoms with Crippen molar-refractivity contribution in [2.24, 2.45) is 0 Å². The number of halogens is 1. The van der Waals surface area contributed by atoms with Gasteiger partial charge in [0.15, 0.2) is 10.3 Å². The van der Waals surface area contributed by atoms with E-state index < -0.39 is 0 Å². The monoisotopic (exact) mass is 278 g/mol. The smallest absolute Gasteiger partial charge is 0.231 e. The van der Waals surface area contributed by atoms with Gasteiger partial charge in [0.05, 0.1) is 11.8 Å². The van der Waals surface area contributed by atoms with Crippen molar-refractivity contribution < 1.29 is 8.83 Å². The molecule has 0 bridgehead atoms. The molecule has 0 amide bonds. The van der Waals surface area contributed by atoms with E-state index in [0.717, 1.165) is 11.1 Å². The third kappa shape index (κ3) is 1.40. The van der Waals surface area contributed by atoms with Gasteiger partial charge in [-0.2, -0.15) is 0 Å². The summed E-state index contributed by atoms with van der Waals surface area (Å²) >= 11 is 3.28. The maximum Gasteiger partial charge on any atom is 0.231 e. The van der Waals surface area contributed by atoms with Crippen molar-refractivity contribution in [3.05, 3.63) is 35.2 Å². The molecule has 2 N–H and O–H groups in total. The van der Waals surface area contributed by atoms with Crippen LogP contribution in [0, 0.1) is 0 Å². The maximum atomic E-state index is 5.67. The number of furan rings is 1. The molecular formula is C11H7BrN2O2. The number of hydrogen-bond acceptors (Lipinski definition) is 4. The third-order valence-electron chi connectivity index (χ3n) is 2.26. The summed E-state index contributed by atoms with van der Waals surface area (Å²) in [6, 6.07) is 7.16. The Kier molecular flexibility index (Phi) is 2.00. The van der Waals surface area contributed by atoms with E-state index in [-0.39, 0.29) is 0 Å². The number of aromatic nitrogens is 1. The molecule has 3 rings (SSSR count). The van der Waals surface area contributed by atoms with Gasteiger partial charge in [0, 0.05) is 11.8 Å². The highest BCUT2D eigenvalue weighted by Gasteiger charge is 2.13. The van der Waals surface area contributed by atoms with Crippen LogP contribution in [-0.4, -0.2) is 4.98 Å². The van der Waals surface area contributed by atoms with E-state index >= 15 is 0 Å². The molecule has 5 heteroatoms. The lowest BCUT2D eigenvalue weighted by Crippen LogP contribution is -1.81. The molecule has 0 radical (unpaired) electrons. The summed E-state index contributed by atoms with van der Waals surface area (Å²) in [5, 5.41) is 0. The first-order valence-electron chi connectivity index (χ1n) is 4.63. The van der Waals surface area contributed by atoms with Crippen molar-refractivity contribution in [1.29, 1.82) is 0 Å². The summed E-state index contributed by atoms with van der Waals surface area (Å²) < 4.78 is 11.3. The number of anilines is 1. The van der Waals surface area contributed by atoms with Gasteiger partial charge in [-0.25, -0.2) is 4.98 Å². The number of oxazole rings is 1. The number of nitrogens with zero attached hydrogens (tertiary/aromatic N) is 1. The molecule has 2 aromatic heterocycles. The fraction of sp³-hybridized carbons (Fsp3) is 0. The zero-order valence-electron chi connectivity index (χ0n) is 8.11. The Labute approximate surface area is 99.2 Å². The van der Waals surface area contributed by atoms with Gasteiger partial charge in [0.2, 0.25) is 5.89 Å². The Morgan fingerprint density at radius 2 is 2.12 bits per heavy atom. The van der Waals surface area contributed by atoms with Crippen molar-refractivity contribution in [2.75, 3.05) is 5.73 Å². The number of rotatable bonds is 1. The number of hydrogen-bond donors (Lipinski definition) is 1. The fourth-order valence-corrected chi connectivity index (χ4v) is 1.91. The second-order valence-corrected chi connectivity index (χ2v) is 4.07. The zero-order chi connectivity index (χ0) is 11.1. The molecule has 3 aromatic rings. The number of nitrogens with two attached hydrogens (primary N) is 1. The molecule has 0 unspecified atom stereocenters. The van der Waals surface area contributed by atoms with Crippen LogP contribution in [-0.2, 0) is 0 Å². The van der Waals surface area contributed by atoms with Gasteiger partial charge in [-0.1, -0.05) is 0 Å². The van der Waals surface area contributed by atoms with Gasteiger partial charge >= 0.3 is 0 Å². The summed E-state index contributed by atoms with van der Waals surface area (Å²) in [5.41, 5.74) is 8.55. The largest absolute Gasteiger partial charge is 0.457 e. The van der Waals surface area contributed by atoms with Crippen molar-refractivity contribution >= 4 is 32.7 Å². The van der Waals surface area contributed by atoms with E-state index in [1.807, 2.05) is 6.07 Å². The molecule has 1 aromatic carbocycles. The third-order valence-corrected chi connectivity index (χ3v) is 2.87. The van der Waals surface area contributed by atoms with Crippen LogP contribution in [0.5, 0.6) is 0 Å². The first-order chi connectivity index (χ1) is 7.74. The molecule has 4 nitrogen and oxygen atoms in total. The molecule has 0 spiro atoms. The highest BCUT2D eigenvalue weighted by Crippen LogP contribution is 2.31. The second-order valence-electron chi connectivity index (χ2n) is 3.35. The van der Waals surface area contributed by atoms with Crippen molar-refractivity contribution in [3.8, 4) is 11.5 Å². The first kappa shape index (κ1) is 9.47. The lowest BCUT2D eigenvalue weighted by molar-refractivity contribution is 0.539. The van der Waals surface area contributed by atoms with E-state index in [4.69, 9.17) is 14.6 Å². The van der Waals surface area contributed by atoms with Crippen LogP contribution in [0.1, 0.15) is 0 Å². The minimum Gasteiger partial charge on any atom is -0.457 e. The number of fused-ring (bicyclic) bond motifs is 1. The van der Waals surface area contributed by atoms with Gasteiger partial charge < -0.3 is 14.6 Å². The molecule has 0 aliphatic rings. The standard InChI is InChI=1S/C11H7BrN2O2/c12-10-7(3-4-15-10)11-14-8-2-1-6(13)5-9(8)16-11/h1-5H,13H2. The zero-order valence-corrected chi connectivity index (χ0v) is 9.69. The highest BCUT2D eigenvalue weighted by molar-refractivity contribution is 9.10. The lowest BCUT2D eigenvalue weighted by Gasteiger charge is -1.89. The first-order valence-corrected chi connectivity index (χ1v) is 5.43. The Bertz CT molecular complexity index is 657. The molecule has 0 atom stereocenters. The quantitative estimate of drug-likeness (QED) is 0.693. The topological polar surface area (TPSA) is 65.2 Å². The van der Waals surface area contributed by atoms with Crippen LogP contribution in [0.25, 0.3) is 22.6 Å². The molecule has 0 aliphatic carbocycles. The summed E-state index contributed by atoms with van der Waals surface area (Å²) in [6.07, 6.45) is 1.57. The van der Waals surface area contributed by atoms with E-state index in [9.17, 15) is 0 Å². The lowest BCUT2D eigenvalue weighted by atomic mass is 10.3. The second kappa shape index (κ2) is 3.38. The van der Waals surface area contributed by atoms with Crippen LogP contribution in [0.15, 0.2) is 44.0 Å². The van der Waals surface area contributed by atoms with Gasteiger partial charge in [0.1, 0.15) is 5.52 Å². The number of benzene rings is 1. The summed E-state index contributed by atoms with van der Waals surface area (Å²) in [7, 11) is 0. The summed E-state index contributed by atoms with van der Waals surface area (Å²) in [5.74, 6) is 0.515. The minimum atomic E-state index is 0.515. The molecule has 16 heavy (non-hydrogen) atoms. The molecule has 0 aliphatic heterocycles. The molecular weight excluding hydrogens is 272 g/mol. The summed E-state index contributed by atoms with van der Waals surface area (Å²) in [6.45, 7) is 0. The molecule has 0 saturated carbocycles. The van der Waals surface area contributed by atoms with Crippen molar-refractivity contribution in [2.45, 2.75) is 0 Å². The van der Waals surface area contributed by atoms with Crippen molar-refractivity contribution in [1.82, 2.24) is 4.98 Å². The van der Waals surface area contributed by atoms with Crippen LogP contribution in [0.4, 0.5) is 5.69 Å². The molecule has 0 fully saturated rings. The van der Waals surface area contributed by atoms with Gasteiger partial charge in [-0.05, 0) is 34.1 Å². The predicted octanol–water partition coefficient (Wildman–Crippen LogP) is 3.43. The molecule has 0 saturated heterocycles. The normalized spacial score (nSPS) is 11.1. The number of nitrogen functional groups attached to an aromatic ring is 1. The average Bonchev–Trinajstić information content (AvgIpc) is 2.82. The van der Waals surface area contributed by atoms with E-state index in [0.29, 0.717) is 21.8 Å². The SMILES string of the molecule is Nc1ccc2nc(-c3ccoc3Br)oc2c1. The van der Waals surface area contributed by atoms with E-state index in [1.54, 1.807) is 24.5 Å². The summed E-state index contributed by atoms with van der Waals surface area (Å²) in [4.78, 5) is 4.34. The maximum absolute atomic E-state index is 5.67. The van der Waals surface area contributed by atoms with E-state index in [2.05, 4.69) is 20.9 Å². The fourth-order valence-electron chi connectivity index (χ4n) is 1.50. The predicted molar refractivity (Wildman–Crippen MR) is 63.8 cm³/mol. The Morgan fingerprint density at radius 1 is 1.25 bits per heavy atom. The van der Waals surface area contributed by atoms with E-state index in [1.165, 1.54) is 0 Å². The van der Waals surface area contributed by atoms with Gasteiger partial charge in [-0.3, -0.25) is 0 Å². The minimum absolute atomic E-state index is 0.515. The Hall–Kier alpha value is -1.75. The Balaban J connectivity index is 2.23. The van der Waals surface area contributed by atoms with Gasteiger partial charge in [-0.15, -0.1) is 0 Å². The van der Waals surface area contributed by atoms with Crippen LogP contribution in [0.3, 0.4) is 0 Å². The van der Waals surface area contributed by atoms with Crippen molar-refractivity contribution in [3.63, 3.8) is 0 Å². The molecule has 80 valence electrons. The van der Waals surface area contributed by atoms with Crippen LogP contribution >= 0.6 is 15.9 Å². The Morgan fingerprint density at radius 3 is 2.88 bits per heavy atom. The van der Waals surface area contributed by atoms with Gasteiger partial charge in [0.25, 0.3) is 0 Å². The van der Waals surface area contributed by atoms with Crippen LogP contribution < -0.4 is 5.73 Å². The van der Waals surface area contributed by atoms with Crippen LogP contribution in [0.2, 0.25) is 0 Å². The molecule has 2 heterocycles.